The van der Waals surface area contributed by atoms with Gasteiger partial charge in [0.2, 0.25) is 0 Å². The number of halogens is 2. The van der Waals surface area contributed by atoms with Crippen LogP contribution in [0.4, 0.5) is 8.78 Å². The molecule has 1 heterocycles. The zero-order valence-corrected chi connectivity index (χ0v) is 11.3. The van der Waals surface area contributed by atoms with Crippen molar-refractivity contribution in [1.29, 1.82) is 0 Å². The van der Waals surface area contributed by atoms with E-state index in [0.29, 0.717) is 17.5 Å². The number of hydrogen-bond acceptors (Lipinski definition) is 2. The molecule has 0 fully saturated rings. The molecule has 0 bridgehead atoms. The number of rotatable bonds is 4. The minimum atomic E-state index is -0.415. The van der Waals surface area contributed by atoms with Crippen LogP contribution >= 0.6 is 0 Å². The van der Waals surface area contributed by atoms with Crippen LogP contribution in [-0.2, 0) is 6.42 Å². The highest BCUT2D eigenvalue weighted by molar-refractivity contribution is 5.36. The average molecular weight is 265 g/mol. The van der Waals surface area contributed by atoms with Crippen LogP contribution in [0.25, 0.3) is 0 Å². The molecule has 0 radical (unpaired) electrons. The van der Waals surface area contributed by atoms with Gasteiger partial charge in [0.15, 0.2) is 0 Å². The van der Waals surface area contributed by atoms with Gasteiger partial charge in [-0.25, -0.2) is 8.78 Å². The second kappa shape index (κ2) is 5.53. The van der Waals surface area contributed by atoms with Crippen LogP contribution in [-0.4, -0.2) is 7.05 Å². The van der Waals surface area contributed by atoms with Crippen LogP contribution in [0, 0.1) is 18.6 Å². The van der Waals surface area contributed by atoms with Crippen LogP contribution < -0.4 is 5.32 Å². The summed E-state index contributed by atoms with van der Waals surface area (Å²) in [5, 5.41) is 3.02. The lowest BCUT2D eigenvalue weighted by Crippen LogP contribution is -2.20. The summed E-state index contributed by atoms with van der Waals surface area (Å²) in [5.41, 5.74) is 1.44. The molecular weight excluding hydrogens is 248 g/mol. The molecule has 0 saturated heterocycles. The zero-order valence-electron chi connectivity index (χ0n) is 11.3. The van der Waals surface area contributed by atoms with Gasteiger partial charge in [0.05, 0.1) is 12.3 Å². The second-order valence-corrected chi connectivity index (χ2v) is 4.50. The van der Waals surface area contributed by atoms with E-state index >= 15 is 0 Å². The summed E-state index contributed by atoms with van der Waals surface area (Å²) in [4.78, 5) is 0. The Balaban J connectivity index is 2.51. The van der Waals surface area contributed by atoms with Crippen molar-refractivity contribution in [1.82, 2.24) is 5.32 Å². The molecule has 1 atom stereocenters. The van der Waals surface area contributed by atoms with Crippen molar-refractivity contribution < 1.29 is 13.2 Å². The summed E-state index contributed by atoms with van der Waals surface area (Å²) >= 11 is 0. The van der Waals surface area contributed by atoms with E-state index in [-0.39, 0.29) is 0 Å². The maximum atomic E-state index is 14.1. The summed E-state index contributed by atoms with van der Waals surface area (Å²) < 4.78 is 33.1. The molecule has 1 unspecified atom stereocenters. The second-order valence-electron chi connectivity index (χ2n) is 4.50. The van der Waals surface area contributed by atoms with E-state index in [2.05, 4.69) is 5.32 Å². The fraction of sp³-hybridized carbons (Fsp3) is 0.333. The van der Waals surface area contributed by atoms with Crippen molar-refractivity contribution in [2.24, 2.45) is 0 Å². The summed E-state index contributed by atoms with van der Waals surface area (Å²) in [7, 11) is 1.72. The summed E-state index contributed by atoms with van der Waals surface area (Å²) in [6.45, 7) is 3.51. The van der Waals surface area contributed by atoms with Gasteiger partial charge in [0, 0.05) is 17.5 Å². The van der Waals surface area contributed by atoms with Crippen LogP contribution in [0.5, 0.6) is 0 Å². The standard InChI is InChI=1S/C15H17F2NO/c1-4-14-10(5-6-19-14)15(18-3)11-8-12(16)9(2)7-13(11)17/h5-8,15,18H,4H2,1-3H3. The van der Waals surface area contributed by atoms with Gasteiger partial charge in [0.1, 0.15) is 17.4 Å². The Kier molecular flexibility index (Phi) is 4.00. The van der Waals surface area contributed by atoms with Crippen LogP contribution in [0.3, 0.4) is 0 Å². The SMILES string of the molecule is CCc1occc1C(NC)c1cc(F)c(C)cc1F. The Morgan fingerprint density at radius 3 is 2.58 bits per heavy atom. The molecule has 0 aliphatic carbocycles. The smallest absolute Gasteiger partial charge is 0.128 e. The monoisotopic (exact) mass is 265 g/mol. The summed E-state index contributed by atoms with van der Waals surface area (Å²) in [5.74, 6) is -0.0422. The molecular formula is C15H17F2NO. The number of aryl methyl sites for hydroxylation is 2. The fourth-order valence-electron chi connectivity index (χ4n) is 2.26. The van der Waals surface area contributed by atoms with Gasteiger partial charge >= 0.3 is 0 Å². The van der Waals surface area contributed by atoms with E-state index in [0.717, 1.165) is 11.3 Å². The first-order valence-electron chi connectivity index (χ1n) is 6.27. The normalized spacial score (nSPS) is 12.7. The molecule has 1 aromatic heterocycles. The Labute approximate surface area is 111 Å². The number of hydrogen-bond donors (Lipinski definition) is 1. The largest absolute Gasteiger partial charge is 0.469 e. The molecule has 1 aromatic carbocycles. The minimum absolute atomic E-state index is 0.293. The third-order valence-corrected chi connectivity index (χ3v) is 3.29. The third-order valence-electron chi connectivity index (χ3n) is 3.29. The molecule has 2 rings (SSSR count). The highest BCUT2D eigenvalue weighted by Crippen LogP contribution is 2.29. The van der Waals surface area contributed by atoms with Gasteiger partial charge in [0.25, 0.3) is 0 Å². The van der Waals surface area contributed by atoms with Gasteiger partial charge in [-0.3, -0.25) is 0 Å². The van der Waals surface area contributed by atoms with Gasteiger partial charge in [-0.2, -0.15) is 0 Å². The summed E-state index contributed by atoms with van der Waals surface area (Å²) in [6, 6.07) is 3.85. The quantitative estimate of drug-likeness (QED) is 0.911. The number of nitrogens with one attached hydrogen (secondary N) is 1. The number of benzene rings is 1. The lowest BCUT2D eigenvalue weighted by atomic mass is 9.96. The molecule has 0 amide bonds. The van der Waals surface area contributed by atoms with Crippen molar-refractivity contribution in [3.8, 4) is 0 Å². The molecule has 1 N–H and O–H groups in total. The lowest BCUT2D eigenvalue weighted by molar-refractivity contribution is 0.500. The zero-order chi connectivity index (χ0) is 14.0. The molecule has 0 aliphatic heterocycles. The first kappa shape index (κ1) is 13.7. The Hall–Kier alpha value is -1.68. The van der Waals surface area contributed by atoms with Crippen LogP contribution in [0.15, 0.2) is 28.9 Å². The van der Waals surface area contributed by atoms with E-state index in [4.69, 9.17) is 4.42 Å². The molecule has 2 aromatic rings. The van der Waals surface area contributed by atoms with Gasteiger partial charge in [-0.05, 0) is 37.7 Å². The lowest BCUT2D eigenvalue weighted by Gasteiger charge is -2.18. The summed E-state index contributed by atoms with van der Waals surface area (Å²) in [6.07, 6.45) is 2.28. The first-order valence-corrected chi connectivity index (χ1v) is 6.27. The van der Waals surface area contributed by atoms with E-state index < -0.39 is 17.7 Å². The van der Waals surface area contributed by atoms with Crippen LogP contribution in [0.2, 0.25) is 0 Å². The van der Waals surface area contributed by atoms with Crippen molar-refractivity contribution in [3.05, 3.63) is 58.5 Å². The third kappa shape index (κ3) is 2.54. The topological polar surface area (TPSA) is 25.2 Å². The van der Waals surface area contributed by atoms with E-state index in [1.165, 1.54) is 12.1 Å². The van der Waals surface area contributed by atoms with Gasteiger partial charge in [-0.1, -0.05) is 6.92 Å². The molecule has 0 aliphatic rings. The predicted octanol–water partition coefficient (Wildman–Crippen LogP) is 3.74. The maximum absolute atomic E-state index is 14.1. The molecule has 4 heteroatoms. The minimum Gasteiger partial charge on any atom is -0.469 e. The number of furan rings is 1. The Morgan fingerprint density at radius 1 is 1.21 bits per heavy atom. The van der Waals surface area contributed by atoms with Crippen molar-refractivity contribution in [2.45, 2.75) is 26.3 Å². The van der Waals surface area contributed by atoms with E-state index in [1.54, 1.807) is 26.3 Å². The fourth-order valence-corrected chi connectivity index (χ4v) is 2.26. The molecule has 0 saturated carbocycles. The van der Waals surface area contributed by atoms with Crippen molar-refractivity contribution in [3.63, 3.8) is 0 Å². The van der Waals surface area contributed by atoms with Crippen molar-refractivity contribution >= 4 is 0 Å². The Morgan fingerprint density at radius 2 is 1.95 bits per heavy atom. The average Bonchev–Trinajstić information content (AvgIpc) is 2.84. The van der Waals surface area contributed by atoms with Gasteiger partial charge < -0.3 is 9.73 Å². The van der Waals surface area contributed by atoms with E-state index in [9.17, 15) is 8.78 Å². The molecule has 0 spiro atoms. The maximum Gasteiger partial charge on any atom is 0.128 e. The molecule has 19 heavy (non-hydrogen) atoms. The highest BCUT2D eigenvalue weighted by atomic mass is 19.1. The van der Waals surface area contributed by atoms with E-state index in [1.807, 2.05) is 6.92 Å². The van der Waals surface area contributed by atoms with Crippen molar-refractivity contribution in [2.75, 3.05) is 7.05 Å². The van der Waals surface area contributed by atoms with Gasteiger partial charge in [-0.15, -0.1) is 0 Å². The van der Waals surface area contributed by atoms with Crippen LogP contribution in [0.1, 0.15) is 35.4 Å². The highest BCUT2D eigenvalue weighted by Gasteiger charge is 2.21. The Bertz CT molecular complexity index is 578. The molecule has 2 nitrogen and oxygen atoms in total. The molecule has 102 valence electrons. The predicted molar refractivity (Wildman–Crippen MR) is 70.1 cm³/mol. The first-order chi connectivity index (χ1) is 9.08.